The Morgan fingerprint density at radius 2 is 2.11 bits per heavy atom. The second-order valence-corrected chi connectivity index (χ2v) is 5.21. The van der Waals surface area contributed by atoms with E-state index >= 15 is 0 Å². The Kier molecular flexibility index (Phi) is 3.56. The van der Waals surface area contributed by atoms with E-state index in [1.165, 1.54) is 4.90 Å². The van der Waals surface area contributed by atoms with Crippen LogP contribution in [0.3, 0.4) is 0 Å². The Hall–Kier alpha value is -1.56. The van der Waals surface area contributed by atoms with Gasteiger partial charge in [-0.2, -0.15) is 0 Å². The van der Waals surface area contributed by atoms with Crippen LogP contribution in [0.15, 0.2) is 22.7 Å². The molecule has 1 saturated carbocycles. The Bertz CT molecular complexity index is 500. The molecule has 96 valence electrons. The summed E-state index contributed by atoms with van der Waals surface area (Å²) >= 11 is 3.26. The Morgan fingerprint density at radius 3 is 2.61 bits per heavy atom. The molecular formula is C12H13BrN2O3. The van der Waals surface area contributed by atoms with Crippen LogP contribution in [0.4, 0.5) is 5.69 Å². The van der Waals surface area contributed by atoms with Gasteiger partial charge in [-0.3, -0.25) is 9.59 Å². The van der Waals surface area contributed by atoms with Crippen molar-refractivity contribution in [2.24, 2.45) is 0 Å². The lowest BCUT2D eigenvalue weighted by Crippen LogP contribution is -2.37. The van der Waals surface area contributed by atoms with Gasteiger partial charge >= 0.3 is 5.97 Å². The second kappa shape index (κ2) is 4.97. The van der Waals surface area contributed by atoms with Crippen molar-refractivity contribution in [2.45, 2.75) is 18.9 Å². The van der Waals surface area contributed by atoms with Gasteiger partial charge in [0.05, 0.1) is 5.56 Å². The number of carbonyl (C=O) groups excluding carboxylic acids is 1. The highest BCUT2D eigenvalue weighted by Gasteiger charge is 2.34. The second-order valence-electron chi connectivity index (χ2n) is 4.29. The van der Waals surface area contributed by atoms with Crippen molar-refractivity contribution in [3.63, 3.8) is 0 Å². The summed E-state index contributed by atoms with van der Waals surface area (Å²) < 4.78 is 0.785. The zero-order chi connectivity index (χ0) is 13.3. The molecular weight excluding hydrogens is 300 g/mol. The van der Waals surface area contributed by atoms with E-state index < -0.39 is 5.97 Å². The molecule has 3 N–H and O–H groups in total. The van der Waals surface area contributed by atoms with Crippen molar-refractivity contribution in [1.29, 1.82) is 0 Å². The van der Waals surface area contributed by atoms with Crippen LogP contribution in [-0.2, 0) is 4.79 Å². The molecule has 0 atom stereocenters. The van der Waals surface area contributed by atoms with Gasteiger partial charge in [0.2, 0.25) is 0 Å². The third-order valence-corrected chi connectivity index (χ3v) is 3.29. The van der Waals surface area contributed by atoms with Gasteiger partial charge in [-0.25, -0.2) is 0 Å². The smallest absolute Gasteiger partial charge is 0.323 e. The number of aliphatic carboxylic acids is 1. The molecule has 0 radical (unpaired) electrons. The lowest BCUT2D eigenvalue weighted by atomic mass is 10.1. The van der Waals surface area contributed by atoms with Gasteiger partial charge < -0.3 is 15.7 Å². The van der Waals surface area contributed by atoms with E-state index in [2.05, 4.69) is 15.9 Å². The maximum absolute atomic E-state index is 12.3. The van der Waals surface area contributed by atoms with E-state index in [4.69, 9.17) is 10.8 Å². The number of nitrogen functional groups attached to an aromatic ring is 1. The number of hydrogen-bond donors (Lipinski definition) is 2. The topological polar surface area (TPSA) is 83.6 Å². The fourth-order valence-electron chi connectivity index (χ4n) is 1.78. The van der Waals surface area contributed by atoms with Crippen LogP contribution in [-0.4, -0.2) is 34.5 Å². The predicted molar refractivity (Wildman–Crippen MR) is 70.2 cm³/mol. The van der Waals surface area contributed by atoms with Crippen LogP contribution in [0.25, 0.3) is 0 Å². The molecule has 0 saturated heterocycles. The van der Waals surface area contributed by atoms with Crippen LogP contribution >= 0.6 is 15.9 Å². The fraction of sp³-hybridized carbons (Fsp3) is 0.333. The number of benzene rings is 1. The molecule has 2 rings (SSSR count). The number of carboxylic acid groups (broad SMARTS) is 1. The van der Waals surface area contributed by atoms with E-state index in [1.54, 1.807) is 18.2 Å². The van der Waals surface area contributed by atoms with Gasteiger partial charge in [0, 0.05) is 16.2 Å². The maximum Gasteiger partial charge on any atom is 0.323 e. The largest absolute Gasteiger partial charge is 0.480 e. The van der Waals surface area contributed by atoms with Gasteiger partial charge in [-0.15, -0.1) is 0 Å². The van der Waals surface area contributed by atoms with Crippen LogP contribution in [0.1, 0.15) is 23.2 Å². The number of rotatable bonds is 4. The first-order valence-corrected chi connectivity index (χ1v) is 6.36. The van der Waals surface area contributed by atoms with Crippen molar-refractivity contribution < 1.29 is 14.7 Å². The number of anilines is 1. The number of nitrogens with two attached hydrogens (primary N) is 1. The maximum atomic E-state index is 12.3. The molecule has 0 spiro atoms. The van der Waals surface area contributed by atoms with Gasteiger partial charge in [0.25, 0.3) is 5.91 Å². The van der Waals surface area contributed by atoms with Gasteiger partial charge in [-0.05, 0) is 31.0 Å². The molecule has 1 aromatic rings. The third kappa shape index (κ3) is 2.81. The standard InChI is InChI=1S/C12H13BrN2O3/c13-7-1-4-9(10(14)5-7)12(18)15(6-11(16)17)8-2-3-8/h1,4-5,8H,2-3,6,14H2,(H,16,17). The molecule has 1 fully saturated rings. The number of carboxylic acids is 1. The SMILES string of the molecule is Nc1cc(Br)ccc1C(=O)N(CC(=O)O)C1CC1. The number of hydrogen-bond acceptors (Lipinski definition) is 3. The Morgan fingerprint density at radius 1 is 1.44 bits per heavy atom. The monoisotopic (exact) mass is 312 g/mol. The average Bonchev–Trinajstić information content (AvgIpc) is 3.08. The summed E-state index contributed by atoms with van der Waals surface area (Å²) in [6, 6.07) is 5.00. The summed E-state index contributed by atoms with van der Waals surface area (Å²) in [5, 5.41) is 8.84. The highest BCUT2D eigenvalue weighted by atomic mass is 79.9. The molecule has 1 amide bonds. The van der Waals surface area contributed by atoms with Crippen LogP contribution in [0, 0.1) is 0 Å². The minimum atomic E-state index is -1.01. The van der Waals surface area contributed by atoms with E-state index in [-0.39, 0.29) is 18.5 Å². The quantitative estimate of drug-likeness (QED) is 0.829. The number of nitrogens with zero attached hydrogens (tertiary/aromatic N) is 1. The Balaban J connectivity index is 2.24. The van der Waals surface area contributed by atoms with E-state index in [1.807, 2.05) is 0 Å². The Labute approximate surface area is 113 Å². The van der Waals surface area contributed by atoms with Crippen molar-refractivity contribution in [3.8, 4) is 0 Å². The normalized spacial score (nSPS) is 14.3. The average molecular weight is 313 g/mol. The first kappa shape index (κ1) is 12.9. The summed E-state index contributed by atoms with van der Waals surface area (Å²) in [7, 11) is 0. The van der Waals surface area contributed by atoms with Gasteiger partial charge in [-0.1, -0.05) is 15.9 Å². The molecule has 5 nitrogen and oxygen atoms in total. The van der Waals surface area contributed by atoms with Crippen molar-refractivity contribution in [1.82, 2.24) is 4.90 Å². The van der Waals surface area contributed by atoms with Crippen LogP contribution in [0.5, 0.6) is 0 Å². The molecule has 1 aromatic carbocycles. The lowest BCUT2D eigenvalue weighted by molar-refractivity contribution is -0.137. The summed E-state index contributed by atoms with van der Waals surface area (Å²) in [4.78, 5) is 24.4. The highest BCUT2D eigenvalue weighted by molar-refractivity contribution is 9.10. The van der Waals surface area contributed by atoms with Crippen LogP contribution in [0.2, 0.25) is 0 Å². The lowest BCUT2D eigenvalue weighted by Gasteiger charge is -2.21. The number of amides is 1. The molecule has 18 heavy (non-hydrogen) atoms. The van der Waals surface area contributed by atoms with Crippen molar-refractivity contribution in [3.05, 3.63) is 28.2 Å². The molecule has 1 aliphatic carbocycles. The summed E-state index contributed by atoms with van der Waals surface area (Å²) in [5.74, 6) is -1.32. The first-order valence-electron chi connectivity index (χ1n) is 5.57. The minimum Gasteiger partial charge on any atom is -0.480 e. The molecule has 0 unspecified atom stereocenters. The molecule has 1 aliphatic rings. The number of carbonyl (C=O) groups is 2. The predicted octanol–water partition coefficient (Wildman–Crippen LogP) is 1.72. The van der Waals surface area contributed by atoms with E-state index in [0.717, 1.165) is 17.3 Å². The molecule has 0 heterocycles. The zero-order valence-electron chi connectivity index (χ0n) is 9.60. The summed E-state index contributed by atoms with van der Waals surface area (Å²) in [5.41, 5.74) is 6.49. The fourth-order valence-corrected chi connectivity index (χ4v) is 2.16. The van der Waals surface area contributed by atoms with Gasteiger partial charge in [0.1, 0.15) is 6.54 Å². The summed E-state index contributed by atoms with van der Waals surface area (Å²) in [6.07, 6.45) is 1.71. The summed E-state index contributed by atoms with van der Waals surface area (Å²) in [6.45, 7) is -0.279. The van der Waals surface area contributed by atoms with E-state index in [0.29, 0.717) is 11.3 Å². The van der Waals surface area contributed by atoms with Crippen LogP contribution < -0.4 is 5.73 Å². The van der Waals surface area contributed by atoms with Crippen molar-refractivity contribution in [2.75, 3.05) is 12.3 Å². The van der Waals surface area contributed by atoms with Crippen molar-refractivity contribution >= 4 is 33.5 Å². The molecule has 0 aromatic heterocycles. The molecule has 6 heteroatoms. The minimum absolute atomic E-state index is 0.0386. The highest BCUT2D eigenvalue weighted by Crippen LogP contribution is 2.29. The van der Waals surface area contributed by atoms with E-state index in [9.17, 15) is 9.59 Å². The number of halogens is 1. The third-order valence-electron chi connectivity index (χ3n) is 2.80. The first-order chi connectivity index (χ1) is 8.49. The molecule has 0 bridgehead atoms. The molecule has 0 aliphatic heterocycles. The van der Waals surface area contributed by atoms with Gasteiger partial charge in [0.15, 0.2) is 0 Å². The zero-order valence-corrected chi connectivity index (χ0v) is 11.2.